The lowest BCUT2D eigenvalue weighted by Gasteiger charge is -2.27. The topological polar surface area (TPSA) is 69.2 Å². The highest BCUT2D eigenvalue weighted by Crippen LogP contribution is 2.32. The zero-order valence-corrected chi connectivity index (χ0v) is 23.9. The maximum Gasteiger partial charge on any atom is 0.272 e. The van der Waals surface area contributed by atoms with E-state index in [1.807, 2.05) is 56.6 Å². The molecule has 0 radical (unpaired) electrons. The predicted molar refractivity (Wildman–Crippen MR) is 159 cm³/mol. The third kappa shape index (κ3) is 6.10. The Morgan fingerprint density at radius 1 is 1.11 bits per heavy atom. The van der Waals surface area contributed by atoms with Crippen LogP contribution in [0.2, 0.25) is 10.0 Å². The van der Waals surface area contributed by atoms with Crippen LogP contribution in [0.15, 0.2) is 71.7 Å². The zero-order chi connectivity index (χ0) is 27.4. The van der Waals surface area contributed by atoms with E-state index in [0.717, 1.165) is 11.3 Å². The van der Waals surface area contributed by atoms with Gasteiger partial charge < -0.3 is 25.2 Å². The molecule has 2 unspecified atom stereocenters. The van der Waals surface area contributed by atoms with Crippen molar-refractivity contribution in [1.82, 2.24) is 15.5 Å². The van der Waals surface area contributed by atoms with E-state index < -0.39 is 6.17 Å². The molecule has 198 valence electrons. The maximum absolute atomic E-state index is 13.5. The van der Waals surface area contributed by atoms with Gasteiger partial charge in [0.2, 0.25) is 6.17 Å². The van der Waals surface area contributed by atoms with Crippen LogP contribution in [0.1, 0.15) is 22.7 Å². The van der Waals surface area contributed by atoms with Crippen LogP contribution in [0.5, 0.6) is 5.75 Å². The first kappa shape index (κ1) is 27.9. The number of amides is 1. The number of carbonyl (C=O) groups is 1. The normalized spacial score (nSPS) is 15.9. The molecule has 10 heteroatoms. The number of benzene rings is 3. The molecule has 0 aromatic heterocycles. The van der Waals surface area contributed by atoms with Crippen molar-refractivity contribution in [3.05, 3.63) is 93.5 Å². The van der Waals surface area contributed by atoms with Crippen LogP contribution in [0, 0.1) is 0 Å². The van der Waals surface area contributed by atoms with Crippen molar-refractivity contribution < 1.29 is 9.53 Å². The van der Waals surface area contributed by atoms with E-state index in [0.29, 0.717) is 44.2 Å². The molecule has 4 rings (SSSR count). The van der Waals surface area contributed by atoms with Crippen molar-refractivity contribution in [2.45, 2.75) is 12.2 Å². The van der Waals surface area contributed by atoms with Gasteiger partial charge in [0.15, 0.2) is 5.11 Å². The van der Waals surface area contributed by atoms with Crippen LogP contribution < -0.4 is 20.3 Å². The van der Waals surface area contributed by atoms with E-state index in [9.17, 15) is 4.79 Å². The summed E-state index contributed by atoms with van der Waals surface area (Å²) < 4.78 is 5.27. The largest absolute Gasteiger partial charge is 0.497 e. The summed E-state index contributed by atoms with van der Waals surface area (Å²) in [4.78, 5) is 22.0. The highest BCUT2D eigenvalue weighted by molar-refractivity contribution is 7.80. The molecule has 0 spiro atoms. The summed E-state index contributed by atoms with van der Waals surface area (Å²) in [6.45, 7) is 0.513. The van der Waals surface area contributed by atoms with Crippen LogP contribution in [0.25, 0.3) is 0 Å². The van der Waals surface area contributed by atoms with Gasteiger partial charge in [-0.3, -0.25) is 4.79 Å². The number of methoxy groups -OCH3 is 1. The number of rotatable bonds is 7. The number of anilines is 1. The van der Waals surface area contributed by atoms with Gasteiger partial charge in [0.1, 0.15) is 5.75 Å². The quantitative estimate of drug-likeness (QED) is 0.394. The van der Waals surface area contributed by atoms with Gasteiger partial charge in [-0.2, -0.15) is 0 Å². The highest BCUT2D eigenvalue weighted by Gasteiger charge is 2.31. The van der Waals surface area contributed by atoms with E-state index in [-0.39, 0.29) is 11.9 Å². The van der Waals surface area contributed by atoms with Crippen molar-refractivity contribution in [2.24, 2.45) is 4.99 Å². The molecular formula is C28H29Cl2N5O2S. The molecule has 1 amide bonds. The first-order chi connectivity index (χ1) is 18.2. The minimum Gasteiger partial charge on any atom is -0.497 e. The fourth-order valence-corrected chi connectivity index (χ4v) is 4.89. The van der Waals surface area contributed by atoms with Gasteiger partial charge >= 0.3 is 0 Å². The first-order valence-electron chi connectivity index (χ1n) is 11.9. The lowest BCUT2D eigenvalue weighted by atomic mass is 10.00. The average Bonchev–Trinajstić information content (AvgIpc) is 2.99. The van der Waals surface area contributed by atoms with Crippen LogP contribution in [-0.2, 0) is 4.79 Å². The van der Waals surface area contributed by atoms with Crippen molar-refractivity contribution in [2.75, 3.05) is 39.7 Å². The zero-order valence-electron chi connectivity index (χ0n) is 21.5. The van der Waals surface area contributed by atoms with Crippen LogP contribution in [0.3, 0.4) is 0 Å². The Balaban J connectivity index is 1.60. The van der Waals surface area contributed by atoms with Crippen LogP contribution >= 0.6 is 35.4 Å². The molecule has 1 aliphatic heterocycles. The van der Waals surface area contributed by atoms with Gasteiger partial charge in [0.05, 0.1) is 24.6 Å². The molecule has 2 atom stereocenters. The summed E-state index contributed by atoms with van der Waals surface area (Å²) in [5.41, 5.74) is 3.72. The van der Waals surface area contributed by atoms with E-state index in [2.05, 4.69) is 15.5 Å². The number of benzodiazepines with no additional fused rings is 1. The number of thiocarbonyl (C=S) groups is 1. The second kappa shape index (κ2) is 12.1. The molecule has 2 N–H and O–H groups in total. The van der Waals surface area contributed by atoms with Gasteiger partial charge in [-0.15, -0.1) is 0 Å². The molecule has 0 saturated carbocycles. The number of aliphatic imine (C=N–C) groups is 1. The Labute approximate surface area is 238 Å². The lowest BCUT2D eigenvalue weighted by Crippen LogP contribution is -2.50. The van der Waals surface area contributed by atoms with Gasteiger partial charge in [0, 0.05) is 34.8 Å². The molecule has 38 heavy (non-hydrogen) atoms. The van der Waals surface area contributed by atoms with Crippen LogP contribution in [-0.4, -0.2) is 62.6 Å². The summed E-state index contributed by atoms with van der Waals surface area (Å²) in [6, 6.07) is 20.6. The molecule has 1 aliphatic rings. The molecule has 0 saturated heterocycles. The van der Waals surface area contributed by atoms with Crippen molar-refractivity contribution in [3.63, 3.8) is 0 Å². The molecular weight excluding hydrogens is 541 g/mol. The number of ether oxygens (including phenoxy) is 1. The molecule has 3 aromatic carbocycles. The first-order valence-corrected chi connectivity index (χ1v) is 13.1. The maximum atomic E-state index is 13.5. The van der Waals surface area contributed by atoms with Gasteiger partial charge in [-0.05, 0) is 68.3 Å². The third-order valence-corrected chi connectivity index (χ3v) is 7.20. The molecule has 3 aromatic rings. The third-order valence-electron chi connectivity index (χ3n) is 6.37. The van der Waals surface area contributed by atoms with E-state index in [1.54, 1.807) is 43.3 Å². The van der Waals surface area contributed by atoms with Crippen molar-refractivity contribution in [1.29, 1.82) is 0 Å². The Bertz CT molecular complexity index is 1360. The molecule has 0 aliphatic carbocycles. The van der Waals surface area contributed by atoms with E-state index in [1.165, 1.54) is 0 Å². The number of nitrogens with zero attached hydrogens (tertiary/aromatic N) is 3. The standard InChI is InChI=1S/C28H29Cl2N5O2S/c1-34(2)24(17-9-12-19(37-4)13-10-17)16-31-28(38)33-26-27(36)35(3)23-14-11-18(29)15-21(23)25(32-26)20-7-5-6-8-22(20)30/h5-15,24,26H,16H2,1-4H3,(H2,31,33,38). The lowest BCUT2D eigenvalue weighted by molar-refractivity contribution is -0.119. The molecule has 0 fully saturated rings. The minimum atomic E-state index is -0.976. The van der Waals surface area contributed by atoms with Gasteiger partial charge in [-0.25, -0.2) is 4.99 Å². The fourth-order valence-electron chi connectivity index (χ4n) is 4.30. The molecule has 0 bridgehead atoms. The predicted octanol–water partition coefficient (Wildman–Crippen LogP) is 4.91. The average molecular weight is 571 g/mol. The number of carbonyl (C=O) groups excluding carboxylic acids is 1. The SMILES string of the molecule is COc1ccc(C(CNC(=S)NC2N=C(c3ccccc3Cl)c3cc(Cl)ccc3N(C)C2=O)N(C)C)cc1. The van der Waals surface area contributed by atoms with Gasteiger partial charge in [-0.1, -0.05) is 53.5 Å². The summed E-state index contributed by atoms with van der Waals surface area (Å²) >= 11 is 18.5. The Morgan fingerprint density at radius 3 is 2.47 bits per heavy atom. The molecule has 7 nitrogen and oxygen atoms in total. The van der Waals surface area contributed by atoms with Gasteiger partial charge in [0.25, 0.3) is 5.91 Å². The van der Waals surface area contributed by atoms with E-state index in [4.69, 9.17) is 45.1 Å². The number of hydrogen-bond acceptors (Lipinski definition) is 5. The summed E-state index contributed by atoms with van der Waals surface area (Å²) in [5, 5.41) is 7.70. The fraction of sp³-hybridized carbons (Fsp3) is 0.250. The number of halogens is 2. The number of likely N-dealkylation sites (N-methyl/N-ethyl adjacent to an activating group) is 2. The molecule has 1 heterocycles. The van der Waals surface area contributed by atoms with Crippen molar-refractivity contribution in [3.8, 4) is 5.75 Å². The van der Waals surface area contributed by atoms with Crippen LogP contribution in [0.4, 0.5) is 5.69 Å². The monoisotopic (exact) mass is 569 g/mol. The number of fused-ring (bicyclic) bond motifs is 1. The smallest absolute Gasteiger partial charge is 0.272 e. The minimum absolute atomic E-state index is 0.0294. The summed E-state index contributed by atoms with van der Waals surface area (Å²) in [5.74, 6) is 0.529. The second-order valence-corrected chi connectivity index (χ2v) is 10.3. The summed E-state index contributed by atoms with van der Waals surface area (Å²) in [7, 11) is 7.35. The number of hydrogen-bond donors (Lipinski definition) is 2. The van der Waals surface area contributed by atoms with E-state index >= 15 is 0 Å². The second-order valence-electron chi connectivity index (χ2n) is 9.03. The Kier molecular flexibility index (Phi) is 8.89. The highest BCUT2D eigenvalue weighted by atomic mass is 35.5. The Morgan fingerprint density at radius 2 is 1.82 bits per heavy atom. The number of nitrogens with one attached hydrogen (secondary N) is 2. The van der Waals surface area contributed by atoms with Crippen molar-refractivity contribution >= 4 is 57.8 Å². The Hall–Kier alpha value is -3.17. The summed E-state index contributed by atoms with van der Waals surface area (Å²) in [6.07, 6.45) is -0.976.